The molecule has 3 rings (SSSR count). The van der Waals surface area contributed by atoms with Crippen molar-refractivity contribution in [3.63, 3.8) is 0 Å². The molecule has 3 heteroatoms. The van der Waals surface area contributed by atoms with Gasteiger partial charge in [0.05, 0.1) is 0 Å². The molecule has 1 saturated carbocycles. The molecule has 94 valence electrons. The molecule has 0 bridgehead atoms. The number of hydrogen-bond donors (Lipinski definition) is 2. The van der Waals surface area contributed by atoms with E-state index in [1.54, 1.807) is 0 Å². The Kier molecular flexibility index (Phi) is 2.82. The lowest BCUT2D eigenvalue weighted by atomic mass is 10.1. The van der Waals surface area contributed by atoms with E-state index < -0.39 is 0 Å². The maximum absolute atomic E-state index is 11.5. The number of amides is 1. The lowest BCUT2D eigenvalue weighted by Crippen LogP contribution is -2.26. The highest BCUT2D eigenvalue weighted by atomic mass is 16.2. The largest absolute Gasteiger partial charge is 0.361 e. The number of hydrogen-bond acceptors (Lipinski definition) is 1. The van der Waals surface area contributed by atoms with E-state index in [1.165, 1.54) is 22.0 Å². The lowest BCUT2D eigenvalue weighted by Gasteiger charge is -2.03. The molecule has 1 amide bonds. The summed E-state index contributed by atoms with van der Waals surface area (Å²) in [4.78, 5) is 14.8. The van der Waals surface area contributed by atoms with Gasteiger partial charge in [-0.1, -0.05) is 11.6 Å². The Hall–Kier alpha value is -1.77. The van der Waals surface area contributed by atoms with Crippen molar-refractivity contribution >= 4 is 16.8 Å². The summed E-state index contributed by atoms with van der Waals surface area (Å²) in [5.41, 5.74) is 3.72. The molecule has 3 nitrogen and oxygen atoms in total. The molecule has 0 radical (unpaired) electrons. The number of rotatable bonds is 4. The molecule has 0 aliphatic heterocycles. The Labute approximate surface area is 107 Å². The molecule has 2 aromatic rings. The third-order valence-electron chi connectivity index (χ3n) is 3.56. The summed E-state index contributed by atoms with van der Waals surface area (Å²) in [5.74, 6) is 0.529. The number of H-pyrrole nitrogens is 1. The number of aromatic nitrogens is 1. The summed E-state index contributed by atoms with van der Waals surface area (Å²) in [6.07, 6.45) is 5.07. The Balaban J connectivity index is 1.66. The van der Waals surface area contributed by atoms with Crippen LogP contribution in [-0.2, 0) is 11.2 Å². The Morgan fingerprint density at radius 2 is 2.28 bits per heavy atom. The van der Waals surface area contributed by atoms with E-state index in [9.17, 15) is 4.79 Å². The van der Waals surface area contributed by atoms with Gasteiger partial charge in [0.25, 0.3) is 0 Å². The van der Waals surface area contributed by atoms with E-state index in [1.807, 2.05) is 6.20 Å². The molecule has 1 aromatic carbocycles. The molecule has 1 aromatic heterocycles. The maximum Gasteiger partial charge on any atom is 0.223 e. The highest BCUT2D eigenvalue weighted by molar-refractivity contribution is 5.84. The van der Waals surface area contributed by atoms with E-state index in [0.29, 0.717) is 5.92 Å². The van der Waals surface area contributed by atoms with Crippen LogP contribution in [0.5, 0.6) is 0 Å². The van der Waals surface area contributed by atoms with Crippen LogP contribution in [0.2, 0.25) is 0 Å². The predicted octanol–water partition coefficient (Wildman–Crippen LogP) is 2.55. The van der Waals surface area contributed by atoms with E-state index >= 15 is 0 Å². The fourth-order valence-corrected chi connectivity index (χ4v) is 2.31. The SMILES string of the molecule is Cc1ccc2[nH]cc(CCNC(=O)C3CC3)c2c1. The first-order valence-corrected chi connectivity index (χ1v) is 6.58. The second-order valence-corrected chi connectivity index (χ2v) is 5.18. The van der Waals surface area contributed by atoms with Crippen LogP contribution in [0.25, 0.3) is 10.9 Å². The second kappa shape index (κ2) is 4.48. The summed E-state index contributed by atoms with van der Waals surface area (Å²) < 4.78 is 0. The van der Waals surface area contributed by atoms with Gasteiger partial charge in [0.2, 0.25) is 5.91 Å². The van der Waals surface area contributed by atoms with Gasteiger partial charge in [-0.25, -0.2) is 0 Å². The van der Waals surface area contributed by atoms with Gasteiger partial charge in [-0.15, -0.1) is 0 Å². The van der Waals surface area contributed by atoms with Gasteiger partial charge in [-0.05, 0) is 43.9 Å². The fraction of sp³-hybridized carbons (Fsp3) is 0.400. The van der Waals surface area contributed by atoms with Crippen molar-refractivity contribution < 1.29 is 4.79 Å². The molecule has 0 saturated heterocycles. The minimum Gasteiger partial charge on any atom is -0.361 e. The first kappa shape index (κ1) is 11.3. The minimum absolute atomic E-state index is 0.228. The van der Waals surface area contributed by atoms with Crippen LogP contribution in [0.4, 0.5) is 0 Å². The van der Waals surface area contributed by atoms with Crippen molar-refractivity contribution in [2.45, 2.75) is 26.2 Å². The van der Waals surface area contributed by atoms with Crippen LogP contribution in [0, 0.1) is 12.8 Å². The lowest BCUT2D eigenvalue weighted by molar-refractivity contribution is -0.122. The second-order valence-electron chi connectivity index (χ2n) is 5.18. The van der Waals surface area contributed by atoms with Crippen molar-refractivity contribution in [1.29, 1.82) is 0 Å². The maximum atomic E-state index is 11.5. The zero-order valence-corrected chi connectivity index (χ0v) is 10.6. The molecular weight excluding hydrogens is 224 g/mol. The normalized spacial score (nSPS) is 14.9. The van der Waals surface area contributed by atoms with Crippen molar-refractivity contribution in [2.24, 2.45) is 5.92 Å². The number of nitrogens with one attached hydrogen (secondary N) is 2. The van der Waals surface area contributed by atoms with Gasteiger partial charge < -0.3 is 10.3 Å². The Bertz CT molecular complexity index is 581. The predicted molar refractivity (Wildman–Crippen MR) is 72.5 cm³/mol. The number of aromatic amines is 1. The number of carbonyl (C=O) groups is 1. The third-order valence-corrected chi connectivity index (χ3v) is 3.56. The topological polar surface area (TPSA) is 44.9 Å². The summed E-state index contributed by atoms with van der Waals surface area (Å²) >= 11 is 0. The van der Waals surface area contributed by atoms with Crippen LogP contribution < -0.4 is 5.32 Å². The standard InChI is InChI=1S/C15H18N2O/c1-10-2-5-14-13(8-10)12(9-17-14)6-7-16-15(18)11-3-4-11/h2,5,8-9,11,17H,3-4,6-7H2,1H3,(H,16,18). The van der Waals surface area contributed by atoms with Gasteiger partial charge in [-0.3, -0.25) is 4.79 Å². The van der Waals surface area contributed by atoms with Crippen molar-refractivity contribution in [3.05, 3.63) is 35.5 Å². The van der Waals surface area contributed by atoms with Gasteiger partial charge in [0.15, 0.2) is 0 Å². The van der Waals surface area contributed by atoms with Gasteiger partial charge >= 0.3 is 0 Å². The summed E-state index contributed by atoms with van der Waals surface area (Å²) in [7, 11) is 0. The van der Waals surface area contributed by atoms with Crippen molar-refractivity contribution in [3.8, 4) is 0 Å². The van der Waals surface area contributed by atoms with E-state index in [2.05, 4.69) is 35.4 Å². The molecule has 1 aliphatic carbocycles. The van der Waals surface area contributed by atoms with Crippen LogP contribution >= 0.6 is 0 Å². The molecule has 18 heavy (non-hydrogen) atoms. The summed E-state index contributed by atoms with van der Waals surface area (Å²) in [5, 5.41) is 4.28. The first-order chi connectivity index (χ1) is 8.74. The fourth-order valence-electron chi connectivity index (χ4n) is 2.31. The van der Waals surface area contributed by atoms with Gasteiger partial charge in [0, 0.05) is 29.6 Å². The Morgan fingerprint density at radius 1 is 1.44 bits per heavy atom. The van der Waals surface area contributed by atoms with Crippen LogP contribution in [0.15, 0.2) is 24.4 Å². The quantitative estimate of drug-likeness (QED) is 0.850. The number of aryl methyl sites for hydroxylation is 1. The summed E-state index contributed by atoms with van der Waals surface area (Å²) in [6, 6.07) is 6.41. The highest BCUT2D eigenvalue weighted by Gasteiger charge is 2.28. The zero-order chi connectivity index (χ0) is 12.5. The van der Waals surface area contributed by atoms with Crippen molar-refractivity contribution in [1.82, 2.24) is 10.3 Å². The van der Waals surface area contributed by atoms with Crippen LogP contribution in [0.3, 0.4) is 0 Å². The van der Waals surface area contributed by atoms with E-state index in [-0.39, 0.29) is 5.91 Å². The molecule has 0 atom stereocenters. The molecule has 2 N–H and O–H groups in total. The molecule has 0 spiro atoms. The first-order valence-electron chi connectivity index (χ1n) is 6.58. The van der Waals surface area contributed by atoms with Crippen LogP contribution in [0.1, 0.15) is 24.0 Å². The van der Waals surface area contributed by atoms with Gasteiger partial charge in [-0.2, -0.15) is 0 Å². The average molecular weight is 242 g/mol. The smallest absolute Gasteiger partial charge is 0.223 e. The number of carbonyl (C=O) groups excluding carboxylic acids is 1. The molecule has 1 aliphatic rings. The zero-order valence-electron chi connectivity index (χ0n) is 10.6. The number of benzene rings is 1. The minimum atomic E-state index is 0.228. The molecular formula is C15H18N2O. The summed E-state index contributed by atoms with van der Waals surface area (Å²) in [6.45, 7) is 2.83. The molecule has 1 heterocycles. The van der Waals surface area contributed by atoms with E-state index in [0.717, 1.165) is 25.8 Å². The van der Waals surface area contributed by atoms with Gasteiger partial charge in [0.1, 0.15) is 0 Å². The number of fused-ring (bicyclic) bond motifs is 1. The highest BCUT2D eigenvalue weighted by Crippen LogP contribution is 2.28. The average Bonchev–Trinajstić information content (AvgIpc) is 3.13. The Morgan fingerprint density at radius 3 is 3.06 bits per heavy atom. The van der Waals surface area contributed by atoms with Crippen LogP contribution in [-0.4, -0.2) is 17.4 Å². The third kappa shape index (κ3) is 2.26. The monoisotopic (exact) mass is 242 g/mol. The molecule has 0 unspecified atom stereocenters. The van der Waals surface area contributed by atoms with E-state index in [4.69, 9.17) is 0 Å². The van der Waals surface area contributed by atoms with Crippen molar-refractivity contribution in [2.75, 3.05) is 6.54 Å². The molecule has 1 fully saturated rings.